The Hall–Kier alpha value is -0.850. The number of halogens is 2. The first-order valence-corrected chi connectivity index (χ1v) is 9.59. The summed E-state index contributed by atoms with van der Waals surface area (Å²) >= 11 is 1.71. The highest BCUT2D eigenvalue weighted by Crippen LogP contribution is 2.30. The predicted molar refractivity (Wildman–Crippen MR) is 93.5 cm³/mol. The Morgan fingerprint density at radius 3 is 2.21 bits per heavy atom. The summed E-state index contributed by atoms with van der Waals surface area (Å²) in [6.45, 7) is 4.26. The number of nitrogens with zero attached hydrogens (tertiary/aromatic N) is 2. The van der Waals surface area contributed by atoms with E-state index in [0.717, 1.165) is 29.9 Å². The van der Waals surface area contributed by atoms with E-state index in [1.165, 1.54) is 38.8 Å². The number of ether oxygens (including phenoxy) is 1. The molecule has 0 atom stereocenters. The Morgan fingerprint density at radius 2 is 1.62 bits per heavy atom. The Labute approximate surface area is 147 Å². The van der Waals surface area contributed by atoms with E-state index in [4.69, 9.17) is 0 Å². The molecule has 1 aromatic carbocycles. The van der Waals surface area contributed by atoms with Gasteiger partial charge in [-0.15, -0.1) is 0 Å². The molecule has 0 saturated carbocycles. The molecule has 0 amide bonds. The minimum atomic E-state index is -2.76. The number of benzene rings is 1. The van der Waals surface area contributed by atoms with Crippen molar-refractivity contribution in [1.82, 2.24) is 9.21 Å². The molecule has 0 aliphatic carbocycles. The quantitative estimate of drug-likeness (QED) is 0.722. The molecule has 24 heavy (non-hydrogen) atoms. The summed E-state index contributed by atoms with van der Waals surface area (Å²) in [6.07, 6.45) is 5.10. The highest BCUT2D eigenvalue weighted by atomic mass is 32.2. The third-order valence-electron chi connectivity index (χ3n) is 5.04. The van der Waals surface area contributed by atoms with Crippen LogP contribution in [0.15, 0.2) is 29.2 Å². The lowest BCUT2D eigenvalue weighted by molar-refractivity contribution is -0.0498. The van der Waals surface area contributed by atoms with E-state index >= 15 is 0 Å². The van der Waals surface area contributed by atoms with Crippen LogP contribution in [0, 0.1) is 5.92 Å². The highest BCUT2D eigenvalue weighted by Gasteiger charge is 2.27. The average Bonchev–Trinajstić information content (AvgIpc) is 2.58. The van der Waals surface area contributed by atoms with E-state index < -0.39 is 6.61 Å². The van der Waals surface area contributed by atoms with E-state index in [1.807, 2.05) is 12.1 Å². The van der Waals surface area contributed by atoms with Gasteiger partial charge < -0.3 is 9.64 Å². The van der Waals surface area contributed by atoms with Gasteiger partial charge in [0.2, 0.25) is 0 Å². The summed E-state index contributed by atoms with van der Waals surface area (Å²) in [5.41, 5.74) is 0. The first kappa shape index (κ1) is 18.0. The second kappa shape index (κ2) is 8.50. The van der Waals surface area contributed by atoms with Crippen molar-refractivity contribution >= 4 is 11.9 Å². The van der Waals surface area contributed by atoms with Gasteiger partial charge in [-0.25, -0.2) is 4.31 Å². The van der Waals surface area contributed by atoms with Crippen LogP contribution in [0.1, 0.15) is 32.6 Å². The minimum absolute atomic E-state index is 0.215. The van der Waals surface area contributed by atoms with E-state index in [9.17, 15) is 8.78 Å². The molecule has 0 radical (unpaired) electrons. The van der Waals surface area contributed by atoms with Gasteiger partial charge in [-0.3, -0.25) is 0 Å². The topological polar surface area (TPSA) is 15.7 Å². The standard InChI is InChI=1S/C18H26F2N2OS/c1-14-6-10-21(11-7-14)15-8-12-22(13-9-15)24-17-4-2-16(3-5-17)23-18(19)20/h2-5,14-15,18H,6-13H2,1H3. The van der Waals surface area contributed by atoms with Crippen LogP contribution in [0.5, 0.6) is 5.75 Å². The number of piperidine rings is 2. The summed E-state index contributed by atoms with van der Waals surface area (Å²) in [6, 6.07) is 7.64. The molecule has 0 spiro atoms. The summed E-state index contributed by atoms with van der Waals surface area (Å²) in [4.78, 5) is 3.75. The fraction of sp³-hybridized carbons (Fsp3) is 0.667. The summed E-state index contributed by atoms with van der Waals surface area (Å²) in [5.74, 6) is 1.10. The van der Waals surface area contributed by atoms with Crippen LogP contribution < -0.4 is 4.74 Å². The molecule has 3 rings (SSSR count). The predicted octanol–water partition coefficient (Wildman–Crippen LogP) is 4.49. The van der Waals surface area contributed by atoms with Crippen LogP contribution in [0.4, 0.5) is 8.78 Å². The number of likely N-dealkylation sites (tertiary alicyclic amines) is 1. The molecule has 0 N–H and O–H groups in total. The molecule has 2 heterocycles. The summed E-state index contributed by atoms with van der Waals surface area (Å²) in [7, 11) is 0. The van der Waals surface area contributed by atoms with Gasteiger partial charge in [0.05, 0.1) is 0 Å². The number of hydrogen-bond donors (Lipinski definition) is 0. The molecule has 134 valence electrons. The zero-order valence-corrected chi connectivity index (χ0v) is 15.0. The maximum atomic E-state index is 12.2. The van der Waals surface area contributed by atoms with Crippen molar-refractivity contribution in [1.29, 1.82) is 0 Å². The van der Waals surface area contributed by atoms with Gasteiger partial charge in [-0.2, -0.15) is 8.78 Å². The summed E-state index contributed by atoms with van der Waals surface area (Å²) < 4.78 is 31.1. The number of rotatable bonds is 5. The van der Waals surface area contributed by atoms with Crippen molar-refractivity contribution in [3.63, 3.8) is 0 Å². The van der Waals surface area contributed by atoms with Gasteiger partial charge in [-0.05, 0) is 80.9 Å². The molecule has 1 aromatic rings. The normalized spacial score (nSPS) is 22.2. The van der Waals surface area contributed by atoms with Crippen molar-refractivity contribution in [3.8, 4) is 5.75 Å². The van der Waals surface area contributed by atoms with Crippen molar-refractivity contribution in [2.75, 3.05) is 26.2 Å². The largest absolute Gasteiger partial charge is 0.435 e. The zero-order valence-electron chi connectivity index (χ0n) is 14.2. The number of alkyl halides is 2. The van der Waals surface area contributed by atoms with Gasteiger partial charge in [-0.1, -0.05) is 6.92 Å². The van der Waals surface area contributed by atoms with Gasteiger partial charge in [0.25, 0.3) is 0 Å². The smallest absolute Gasteiger partial charge is 0.387 e. The van der Waals surface area contributed by atoms with Crippen LogP contribution in [-0.2, 0) is 0 Å². The van der Waals surface area contributed by atoms with Crippen molar-refractivity contribution in [3.05, 3.63) is 24.3 Å². The average molecular weight is 356 g/mol. The van der Waals surface area contributed by atoms with Crippen LogP contribution in [0.3, 0.4) is 0 Å². The minimum Gasteiger partial charge on any atom is -0.435 e. The van der Waals surface area contributed by atoms with E-state index in [1.54, 1.807) is 24.1 Å². The molecule has 6 heteroatoms. The third kappa shape index (κ3) is 5.07. The molecule has 2 fully saturated rings. The van der Waals surface area contributed by atoms with Crippen molar-refractivity contribution in [2.24, 2.45) is 5.92 Å². The second-order valence-corrected chi connectivity index (χ2v) is 7.99. The lowest BCUT2D eigenvalue weighted by Crippen LogP contribution is -2.46. The first-order chi connectivity index (χ1) is 11.6. The lowest BCUT2D eigenvalue weighted by Gasteiger charge is -2.41. The van der Waals surface area contributed by atoms with Crippen LogP contribution >= 0.6 is 11.9 Å². The molecule has 0 aromatic heterocycles. The Morgan fingerprint density at radius 1 is 1.00 bits per heavy atom. The fourth-order valence-electron chi connectivity index (χ4n) is 3.52. The Balaban J connectivity index is 1.43. The van der Waals surface area contributed by atoms with Crippen LogP contribution in [0.25, 0.3) is 0 Å². The highest BCUT2D eigenvalue weighted by molar-refractivity contribution is 7.97. The Bertz CT molecular complexity index is 498. The maximum absolute atomic E-state index is 12.2. The van der Waals surface area contributed by atoms with Crippen LogP contribution in [0.2, 0.25) is 0 Å². The molecule has 3 nitrogen and oxygen atoms in total. The maximum Gasteiger partial charge on any atom is 0.387 e. The van der Waals surface area contributed by atoms with E-state index in [0.29, 0.717) is 0 Å². The third-order valence-corrected chi connectivity index (χ3v) is 6.15. The fourth-order valence-corrected chi connectivity index (χ4v) is 4.47. The van der Waals surface area contributed by atoms with Gasteiger partial charge in [0.15, 0.2) is 0 Å². The Kier molecular flexibility index (Phi) is 6.36. The molecule has 0 bridgehead atoms. The van der Waals surface area contributed by atoms with Gasteiger partial charge in [0, 0.05) is 24.0 Å². The number of hydrogen-bond acceptors (Lipinski definition) is 4. The van der Waals surface area contributed by atoms with E-state index in [2.05, 4.69) is 20.9 Å². The molecule has 0 unspecified atom stereocenters. The SMILES string of the molecule is CC1CCN(C2CCN(Sc3ccc(OC(F)F)cc3)CC2)CC1. The first-order valence-electron chi connectivity index (χ1n) is 8.82. The molecular formula is C18H26F2N2OS. The summed E-state index contributed by atoms with van der Waals surface area (Å²) in [5, 5.41) is 0. The second-order valence-electron chi connectivity index (χ2n) is 6.82. The monoisotopic (exact) mass is 356 g/mol. The van der Waals surface area contributed by atoms with Gasteiger partial charge in [0.1, 0.15) is 5.75 Å². The molecule has 2 aliphatic heterocycles. The van der Waals surface area contributed by atoms with E-state index in [-0.39, 0.29) is 5.75 Å². The van der Waals surface area contributed by atoms with Crippen molar-refractivity contribution < 1.29 is 13.5 Å². The van der Waals surface area contributed by atoms with Crippen LogP contribution in [-0.4, -0.2) is 48.0 Å². The van der Waals surface area contributed by atoms with Crippen molar-refractivity contribution in [2.45, 2.75) is 50.2 Å². The molecule has 2 saturated heterocycles. The molecule has 2 aliphatic rings. The molecular weight excluding hydrogens is 330 g/mol. The van der Waals surface area contributed by atoms with Gasteiger partial charge >= 0.3 is 6.61 Å². The lowest BCUT2D eigenvalue weighted by atomic mass is 9.95. The zero-order chi connectivity index (χ0) is 16.9.